The highest BCUT2D eigenvalue weighted by atomic mass is 16.3. The fourth-order valence-electron chi connectivity index (χ4n) is 3.22. The van der Waals surface area contributed by atoms with Crippen molar-refractivity contribution in [3.8, 4) is 0 Å². The lowest BCUT2D eigenvalue weighted by atomic mass is 9.96. The van der Waals surface area contributed by atoms with Gasteiger partial charge in [-0.05, 0) is 52.7 Å². The molecule has 0 aromatic carbocycles. The summed E-state index contributed by atoms with van der Waals surface area (Å²) >= 11 is 0. The lowest BCUT2D eigenvalue weighted by molar-refractivity contribution is -0.126. The summed E-state index contributed by atoms with van der Waals surface area (Å²) in [6.07, 6.45) is 3.51. The van der Waals surface area contributed by atoms with E-state index in [4.69, 9.17) is 4.42 Å². The number of aromatic nitrogens is 2. The van der Waals surface area contributed by atoms with E-state index < -0.39 is 0 Å². The summed E-state index contributed by atoms with van der Waals surface area (Å²) < 4.78 is 5.35. The molecule has 0 saturated carbocycles. The van der Waals surface area contributed by atoms with Crippen LogP contribution in [0.15, 0.2) is 28.9 Å². The van der Waals surface area contributed by atoms with Crippen LogP contribution in [0, 0.1) is 12.8 Å². The van der Waals surface area contributed by atoms with Gasteiger partial charge in [0.15, 0.2) is 0 Å². The smallest absolute Gasteiger partial charge is 0.227 e. The first-order chi connectivity index (χ1) is 12.8. The van der Waals surface area contributed by atoms with Crippen LogP contribution in [0.4, 0.5) is 11.8 Å². The quantitative estimate of drug-likeness (QED) is 0.840. The fraction of sp³-hybridized carbons (Fsp3) is 0.550. The number of rotatable bonds is 5. The second kappa shape index (κ2) is 7.98. The molecule has 1 atom stereocenters. The normalized spacial score (nSPS) is 17.6. The van der Waals surface area contributed by atoms with Crippen molar-refractivity contribution >= 4 is 17.7 Å². The van der Waals surface area contributed by atoms with Gasteiger partial charge in [-0.1, -0.05) is 0 Å². The summed E-state index contributed by atoms with van der Waals surface area (Å²) in [5, 5.41) is 6.37. The van der Waals surface area contributed by atoms with Crippen molar-refractivity contribution < 1.29 is 9.21 Å². The second-order valence-electron chi connectivity index (χ2n) is 8.15. The summed E-state index contributed by atoms with van der Waals surface area (Å²) in [7, 11) is 0. The SMILES string of the molecule is Cc1cc(NCc2ccco2)nc(N2CCCC(C(=O)NC(C)(C)C)C2)n1. The molecule has 7 nitrogen and oxygen atoms in total. The molecule has 3 heterocycles. The standard InChI is InChI=1S/C20H29N5O2/c1-14-11-17(21-12-16-8-6-10-27-16)23-19(22-14)25-9-5-7-15(13-25)18(26)24-20(2,3)4/h6,8,10-11,15H,5,7,9,12-13H2,1-4H3,(H,24,26)(H,21,22,23). The van der Waals surface area contributed by atoms with Gasteiger partial charge in [0.2, 0.25) is 11.9 Å². The summed E-state index contributed by atoms with van der Waals surface area (Å²) in [6, 6.07) is 5.70. The maximum atomic E-state index is 12.6. The van der Waals surface area contributed by atoms with Gasteiger partial charge >= 0.3 is 0 Å². The highest BCUT2D eigenvalue weighted by molar-refractivity contribution is 5.80. The summed E-state index contributed by atoms with van der Waals surface area (Å²) in [5.74, 6) is 2.35. The predicted octanol–water partition coefficient (Wildman–Crippen LogP) is 3.12. The molecule has 1 saturated heterocycles. The Labute approximate surface area is 160 Å². The van der Waals surface area contributed by atoms with Crippen LogP contribution in [0.5, 0.6) is 0 Å². The van der Waals surface area contributed by atoms with E-state index in [0.29, 0.717) is 19.0 Å². The fourth-order valence-corrected chi connectivity index (χ4v) is 3.22. The van der Waals surface area contributed by atoms with Gasteiger partial charge in [0.05, 0.1) is 18.7 Å². The molecule has 0 aliphatic carbocycles. The third kappa shape index (κ3) is 5.45. The minimum Gasteiger partial charge on any atom is -0.467 e. The molecule has 0 spiro atoms. The van der Waals surface area contributed by atoms with Gasteiger partial charge in [-0.15, -0.1) is 0 Å². The van der Waals surface area contributed by atoms with Gasteiger partial charge in [0, 0.05) is 30.4 Å². The highest BCUT2D eigenvalue weighted by Gasteiger charge is 2.29. The molecule has 27 heavy (non-hydrogen) atoms. The third-order valence-corrected chi connectivity index (χ3v) is 4.44. The lowest BCUT2D eigenvalue weighted by Crippen LogP contribution is -2.49. The first kappa shape index (κ1) is 19.2. The molecule has 7 heteroatoms. The minimum atomic E-state index is -0.220. The van der Waals surface area contributed by atoms with Crippen molar-refractivity contribution in [1.29, 1.82) is 0 Å². The zero-order valence-electron chi connectivity index (χ0n) is 16.6. The number of nitrogens with one attached hydrogen (secondary N) is 2. The molecule has 1 fully saturated rings. The first-order valence-corrected chi connectivity index (χ1v) is 9.49. The van der Waals surface area contributed by atoms with Crippen molar-refractivity contribution in [2.24, 2.45) is 5.92 Å². The van der Waals surface area contributed by atoms with Crippen LogP contribution in [0.1, 0.15) is 45.1 Å². The molecule has 2 aromatic heterocycles. The molecule has 0 radical (unpaired) electrons. The lowest BCUT2D eigenvalue weighted by Gasteiger charge is -2.34. The maximum absolute atomic E-state index is 12.6. The van der Waals surface area contributed by atoms with Gasteiger partial charge in [-0.2, -0.15) is 4.98 Å². The van der Waals surface area contributed by atoms with Crippen LogP contribution < -0.4 is 15.5 Å². The number of carbonyl (C=O) groups excluding carboxylic acids is 1. The summed E-state index contributed by atoms with van der Waals surface area (Å²) in [5.41, 5.74) is 0.672. The Kier molecular flexibility index (Phi) is 5.68. The Morgan fingerprint density at radius 2 is 2.19 bits per heavy atom. The number of nitrogens with zero attached hydrogens (tertiary/aromatic N) is 3. The second-order valence-corrected chi connectivity index (χ2v) is 8.15. The molecule has 2 aromatic rings. The van der Waals surface area contributed by atoms with E-state index >= 15 is 0 Å². The number of piperidine rings is 1. The van der Waals surface area contributed by atoms with Crippen LogP contribution in [0.25, 0.3) is 0 Å². The molecule has 1 aliphatic heterocycles. The number of amides is 1. The largest absolute Gasteiger partial charge is 0.467 e. The number of hydrogen-bond acceptors (Lipinski definition) is 6. The van der Waals surface area contributed by atoms with E-state index in [1.165, 1.54) is 0 Å². The third-order valence-electron chi connectivity index (χ3n) is 4.44. The van der Waals surface area contributed by atoms with Crippen molar-refractivity contribution in [1.82, 2.24) is 15.3 Å². The number of anilines is 2. The van der Waals surface area contributed by atoms with Crippen molar-refractivity contribution in [2.45, 2.75) is 52.6 Å². The predicted molar refractivity (Wildman–Crippen MR) is 106 cm³/mol. The highest BCUT2D eigenvalue weighted by Crippen LogP contribution is 2.23. The van der Waals surface area contributed by atoms with Gasteiger partial charge in [-0.3, -0.25) is 4.79 Å². The zero-order chi connectivity index (χ0) is 19.4. The molecule has 3 rings (SSSR count). The number of aryl methyl sites for hydroxylation is 1. The molecule has 1 aliphatic rings. The van der Waals surface area contributed by atoms with Crippen LogP contribution in [0.3, 0.4) is 0 Å². The summed E-state index contributed by atoms with van der Waals surface area (Å²) in [6.45, 7) is 10.0. The summed E-state index contributed by atoms with van der Waals surface area (Å²) in [4.78, 5) is 23.9. The molecular weight excluding hydrogens is 342 g/mol. The molecule has 146 valence electrons. The zero-order valence-corrected chi connectivity index (χ0v) is 16.6. The Morgan fingerprint density at radius 1 is 1.37 bits per heavy atom. The van der Waals surface area contributed by atoms with Gasteiger partial charge in [-0.25, -0.2) is 4.98 Å². The molecule has 1 amide bonds. The van der Waals surface area contributed by atoms with E-state index in [1.54, 1.807) is 6.26 Å². The van der Waals surface area contributed by atoms with E-state index in [0.717, 1.165) is 36.7 Å². The van der Waals surface area contributed by atoms with Crippen LogP contribution in [-0.4, -0.2) is 34.5 Å². The minimum absolute atomic E-state index is 0.0402. The molecule has 1 unspecified atom stereocenters. The Bertz CT molecular complexity index is 767. The van der Waals surface area contributed by atoms with Crippen LogP contribution in [0.2, 0.25) is 0 Å². The Balaban J connectivity index is 1.68. The maximum Gasteiger partial charge on any atom is 0.227 e. The van der Waals surface area contributed by atoms with Crippen LogP contribution >= 0.6 is 0 Å². The Hall–Kier alpha value is -2.57. The van der Waals surface area contributed by atoms with Crippen molar-refractivity contribution in [2.75, 3.05) is 23.3 Å². The van der Waals surface area contributed by atoms with Crippen LogP contribution in [-0.2, 0) is 11.3 Å². The van der Waals surface area contributed by atoms with Crippen molar-refractivity contribution in [3.05, 3.63) is 35.9 Å². The van der Waals surface area contributed by atoms with E-state index in [9.17, 15) is 4.79 Å². The molecule has 0 bridgehead atoms. The van der Waals surface area contributed by atoms with E-state index in [1.807, 2.05) is 45.9 Å². The van der Waals surface area contributed by atoms with E-state index in [-0.39, 0.29) is 17.4 Å². The average Bonchev–Trinajstić information content (AvgIpc) is 3.12. The van der Waals surface area contributed by atoms with Gasteiger partial charge in [0.1, 0.15) is 11.6 Å². The van der Waals surface area contributed by atoms with Crippen molar-refractivity contribution in [3.63, 3.8) is 0 Å². The number of furan rings is 1. The monoisotopic (exact) mass is 371 g/mol. The molecular formula is C20H29N5O2. The van der Waals surface area contributed by atoms with Gasteiger partial charge < -0.3 is 20.0 Å². The number of carbonyl (C=O) groups is 1. The van der Waals surface area contributed by atoms with E-state index in [2.05, 4.69) is 25.5 Å². The molecule has 2 N–H and O–H groups in total. The topological polar surface area (TPSA) is 83.3 Å². The Morgan fingerprint density at radius 3 is 2.89 bits per heavy atom. The van der Waals surface area contributed by atoms with Gasteiger partial charge in [0.25, 0.3) is 0 Å². The first-order valence-electron chi connectivity index (χ1n) is 9.49. The average molecular weight is 371 g/mol. The number of hydrogen-bond donors (Lipinski definition) is 2.